The number of benzene rings is 1. The van der Waals surface area contributed by atoms with Gasteiger partial charge in [-0.2, -0.15) is 0 Å². The smallest absolute Gasteiger partial charge is 0.332 e. The zero-order valence-corrected chi connectivity index (χ0v) is 11.4. The highest BCUT2D eigenvalue weighted by Gasteiger charge is 2.14. The van der Waals surface area contributed by atoms with Crippen molar-refractivity contribution in [3.8, 4) is 0 Å². The zero-order valence-electron chi connectivity index (χ0n) is 11.4. The van der Waals surface area contributed by atoms with Crippen LogP contribution in [-0.2, 0) is 9.59 Å². The number of carbonyl (C=O) groups is 2. The lowest BCUT2D eigenvalue weighted by atomic mass is 9.97. The molecule has 110 valence electrons. The molecule has 20 heavy (non-hydrogen) atoms. The predicted molar refractivity (Wildman–Crippen MR) is 75.2 cm³/mol. The van der Waals surface area contributed by atoms with Crippen LogP contribution < -0.4 is 11.1 Å². The summed E-state index contributed by atoms with van der Waals surface area (Å²) in [4.78, 5) is 22.1. The molecule has 1 rings (SSSR count). The van der Waals surface area contributed by atoms with Crippen LogP contribution in [0.2, 0.25) is 0 Å². The number of hydrogen-bond acceptors (Lipinski definition) is 4. The number of aliphatic hydroxyl groups excluding tert-OH is 1. The van der Waals surface area contributed by atoms with Gasteiger partial charge in [-0.15, -0.1) is 0 Å². The van der Waals surface area contributed by atoms with Crippen LogP contribution in [0, 0.1) is 0 Å². The molecule has 0 radical (unpaired) electrons. The number of carboxylic acids is 1. The Hall–Kier alpha value is -2.08. The molecule has 0 saturated carbocycles. The fourth-order valence-corrected chi connectivity index (χ4v) is 1.76. The number of rotatable bonds is 7. The van der Waals surface area contributed by atoms with E-state index in [4.69, 9.17) is 15.9 Å². The largest absolute Gasteiger partial charge is 0.479 e. The fourth-order valence-electron chi connectivity index (χ4n) is 1.76. The summed E-state index contributed by atoms with van der Waals surface area (Å²) in [5, 5.41) is 20.1. The number of amides is 1. The minimum Gasteiger partial charge on any atom is -0.479 e. The fraction of sp³-hybridized carbons (Fsp3) is 0.429. The molecule has 1 amide bonds. The number of carboxylic acid groups (broad SMARTS) is 1. The first-order valence-electron chi connectivity index (χ1n) is 6.43. The van der Waals surface area contributed by atoms with E-state index in [2.05, 4.69) is 5.32 Å². The summed E-state index contributed by atoms with van der Waals surface area (Å²) in [6.07, 6.45) is -1.14. The molecule has 0 bridgehead atoms. The van der Waals surface area contributed by atoms with Crippen molar-refractivity contribution in [1.82, 2.24) is 5.32 Å². The van der Waals surface area contributed by atoms with E-state index in [-0.39, 0.29) is 24.8 Å². The van der Waals surface area contributed by atoms with Gasteiger partial charge in [-0.05, 0) is 23.6 Å². The van der Waals surface area contributed by atoms with Crippen molar-refractivity contribution in [3.63, 3.8) is 0 Å². The summed E-state index contributed by atoms with van der Waals surface area (Å²) in [7, 11) is 0. The van der Waals surface area contributed by atoms with Gasteiger partial charge in [0, 0.05) is 25.1 Å². The maximum absolute atomic E-state index is 11.7. The molecule has 0 spiro atoms. The lowest BCUT2D eigenvalue weighted by Gasteiger charge is -2.13. The first-order chi connectivity index (χ1) is 9.40. The van der Waals surface area contributed by atoms with Gasteiger partial charge in [0.15, 0.2) is 6.10 Å². The predicted octanol–water partition coefficient (Wildman–Crippen LogP) is 0.714. The number of hydrogen-bond donors (Lipinski definition) is 4. The summed E-state index contributed by atoms with van der Waals surface area (Å²) < 4.78 is 0. The summed E-state index contributed by atoms with van der Waals surface area (Å²) in [5.74, 6) is -1.42. The summed E-state index contributed by atoms with van der Waals surface area (Å²) in [6, 6.07) is 7.32. The second-order valence-corrected chi connectivity index (χ2v) is 4.76. The molecular formula is C14H20N2O4. The number of anilines is 1. The Morgan fingerprint density at radius 2 is 1.90 bits per heavy atom. The monoisotopic (exact) mass is 280 g/mol. The maximum Gasteiger partial charge on any atom is 0.332 e. The molecule has 1 aromatic rings. The normalized spacial score (nSPS) is 13.5. The third-order valence-corrected chi connectivity index (χ3v) is 3.02. The van der Waals surface area contributed by atoms with Gasteiger partial charge in [0.25, 0.3) is 0 Å². The van der Waals surface area contributed by atoms with Crippen LogP contribution in [0.4, 0.5) is 5.69 Å². The van der Waals surface area contributed by atoms with Crippen LogP contribution in [0.1, 0.15) is 31.2 Å². The molecule has 0 aliphatic rings. The molecule has 1 unspecified atom stereocenters. The number of aliphatic carboxylic acids is 1. The van der Waals surface area contributed by atoms with Crippen molar-refractivity contribution < 1.29 is 19.8 Å². The quantitative estimate of drug-likeness (QED) is 0.550. The van der Waals surface area contributed by atoms with Gasteiger partial charge in [-0.3, -0.25) is 4.79 Å². The SMILES string of the molecule is CC(CC(=O)NCC[C@H](O)C(=O)O)c1ccc(N)cc1. The Morgan fingerprint density at radius 1 is 1.30 bits per heavy atom. The summed E-state index contributed by atoms with van der Waals surface area (Å²) >= 11 is 0. The van der Waals surface area contributed by atoms with Crippen molar-refractivity contribution in [3.05, 3.63) is 29.8 Å². The number of nitrogens with two attached hydrogens (primary N) is 1. The van der Waals surface area contributed by atoms with E-state index in [9.17, 15) is 9.59 Å². The molecule has 1 aromatic carbocycles. The number of nitrogen functional groups attached to an aromatic ring is 1. The molecule has 0 heterocycles. The second-order valence-electron chi connectivity index (χ2n) is 4.76. The standard InChI is InChI=1S/C14H20N2O4/c1-9(10-2-4-11(15)5-3-10)8-13(18)16-7-6-12(17)14(19)20/h2-5,9,12,17H,6-8,15H2,1H3,(H,16,18)(H,19,20)/t9?,12-/m0/s1. The second kappa shape index (κ2) is 7.49. The van der Waals surface area contributed by atoms with E-state index >= 15 is 0 Å². The first kappa shape index (κ1) is 16.0. The molecule has 0 saturated heterocycles. The average molecular weight is 280 g/mol. The van der Waals surface area contributed by atoms with E-state index in [1.807, 2.05) is 19.1 Å². The van der Waals surface area contributed by atoms with Crippen LogP contribution in [-0.4, -0.2) is 34.7 Å². The van der Waals surface area contributed by atoms with Crippen molar-refractivity contribution in [2.75, 3.05) is 12.3 Å². The van der Waals surface area contributed by atoms with E-state index in [0.29, 0.717) is 12.1 Å². The lowest BCUT2D eigenvalue weighted by Crippen LogP contribution is -2.30. The average Bonchev–Trinajstić information content (AvgIpc) is 2.39. The van der Waals surface area contributed by atoms with Crippen LogP contribution in [0.25, 0.3) is 0 Å². The molecule has 0 fully saturated rings. The Morgan fingerprint density at radius 3 is 2.45 bits per heavy atom. The minimum absolute atomic E-state index is 0.00265. The van der Waals surface area contributed by atoms with Gasteiger partial charge in [0.2, 0.25) is 5.91 Å². The molecule has 0 aliphatic heterocycles. The Balaban J connectivity index is 2.35. The van der Waals surface area contributed by atoms with Gasteiger partial charge < -0.3 is 21.3 Å². The molecule has 2 atom stereocenters. The zero-order chi connectivity index (χ0) is 15.1. The first-order valence-corrected chi connectivity index (χ1v) is 6.43. The molecule has 6 nitrogen and oxygen atoms in total. The molecule has 5 N–H and O–H groups in total. The van der Waals surface area contributed by atoms with Gasteiger partial charge in [-0.25, -0.2) is 4.79 Å². The van der Waals surface area contributed by atoms with Crippen LogP contribution in [0.15, 0.2) is 24.3 Å². The van der Waals surface area contributed by atoms with Crippen LogP contribution in [0.3, 0.4) is 0 Å². The third kappa shape index (κ3) is 5.27. The van der Waals surface area contributed by atoms with Crippen LogP contribution >= 0.6 is 0 Å². The van der Waals surface area contributed by atoms with Gasteiger partial charge in [-0.1, -0.05) is 19.1 Å². The Labute approximate surface area is 117 Å². The van der Waals surface area contributed by atoms with E-state index in [1.54, 1.807) is 12.1 Å². The van der Waals surface area contributed by atoms with Crippen LogP contribution in [0.5, 0.6) is 0 Å². The Kier molecular flexibility index (Phi) is 5.99. The van der Waals surface area contributed by atoms with Crippen molar-refractivity contribution in [2.45, 2.75) is 31.8 Å². The number of aliphatic hydroxyl groups is 1. The molecule has 6 heteroatoms. The molecule has 0 aromatic heterocycles. The number of nitrogens with one attached hydrogen (secondary N) is 1. The van der Waals surface area contributed by atoms with E-state index in [1.165, 1.54) is 0 Å². The number of carbonyl (C=O) groups excluding carboxylic acids is 1. The van der Waals surface area contributed by atoms with Crippen molar-refractivity contribution in [2.24, 2.45) is 0 Å². The topological polar surface area (TPSA) is 113 Å². The summed E-state index contributed by atoms with van der Waals surface area (Å²) in [6.45, 7) is 2.07. The highest BCUT2D eigenvalue weighted by molar-refractivity contribution is 5.77. The minimum atomic E-state index is -1.44. The van der Waals surface area contributed by atoms with Crippen molar-refractivity contribution >= 4 is 17.6 Å². The molecule has 0 aliphatic carbocycles. The highest BCUT2D eigenvalue weighted by atomic mass is 16.4. The van der Waals surface area contributed by atoms with E-state index < -0.39 is 12.1 Å². The lowest BCUT2D eigenvalue weighted by molar-refractivity contribution is -0.147. The highest BCUT2D eigenvalue weighted by Crippen LogP contribution is 2.19. The van der Waals surface area contributed by atoms with Gasteiger partial charge in [0.05, 0.1) is 0 Å². The van der Waals surface area contributed by atoms with E-state index in [0.717, 1.165) is 5.56 Å². The van der Waals surface area contributed by atoms with Gasteiger partial charge in [0.1, 0.15) is 0 Å². The van der Waals surface area contributed by atoms with Gasteiger partial charge >= 0.3 is 5.97 Å². The van der Waals surface area contributed by atoms with Crippen molar-refractivity contribution in [1.29, 1.82) is 0 Å². The third-order valence-electron chi connectivity index (χ3n) is 3.02. The summed E-state index contributed by atoms with van der Waals surface area (Å²) in [5.41, 5.74) is 7.28. The Bertz CT molecular complexity index is 459. The molecular weight excluding hydrogens is 260 g/mol. The maximum atomic E-state index is 11.7.